The van der Waals surface area contributed by atoms with Crippen molar-refractivity contribution in [2.75, 3.05) is 33.4 Å². The molecule has 0 radical (unpaired) electrons. The second kappa shape index (κ2) is 8.21. The van der Waals surface area contributed by atoms with Crippen LogP contribution in [-0.2, 0) is 14.3 Å². The molecule has 1 amide bonds. The van der Waals surface area contributed by atoms with Crippen LogP contribution in [0.5, 0.6) is 5.75 Å². The van der Waals surface area contributed by atoms with E-state index in [1.807, 2.05) is 0 Å². The lowest BCUT2D eigenvalue weighted by atomic mass is 10.1. The summed E-state index contributed by atoms with van der Waals surface area (Å²) in [5.74, 6) is -2.39. The van der Waals surface area contributed by atoms with Crippen molar-refractivity contribution in [1.82, 2.24) is 4.90 Å². The average molecular weight is 299 g/mol. The van der Waals surface area contributed by atoms with Gasteiger partial charge in [-0.15, -0.1) is 0 Å². The molecule has 21 heavy (non-hydrogen) atoms. The number of phenols is 1. The van der Waals surface area contributed by atoms with Gasteiger partial charge in [-0.3, -0.25) is 9.59 Å². The Kier molecular flexibility index (Phi) is 6.61. The number of carbonyl (C=O) groups excluding carboxylic acids is 2. The lowest BCUT2D eigenvalue weighted by Crippen LogP contribution is -2.39. The number of amides is 1. The number of carbonyl (C=O) groups is 2. The molecule has 0 saturated carbocycles. The molecule has 7 heteroatoms. The minimum atomic E-state index is -0.855. The molecule has 0 saturated heterocycles. The SMILES string of the molecule is CCOC(=O)CN(CCOC)C(=O)c1ccc(O)cc1F. The summed E-state index contributed by atoms with van der Waals surface area (Å²) in [4.78, 5) is 24.9. The maximum Gasteiger partial charge on any atom is 0.325 e. The number of benzene rings is 1. The lowest BCUT2D eigenvalue weighted by molar-refractivity contribution is -0.143. The third-order valence-electron chi connectivity index (χ3n) is 2.66. The number of hydrogen-bond acceptors (Lipinski definition) is 5. The van der Waals surface area contributed by atoms with Crippen LogP contribution in [0.4, 0.5) is 4.39 Å². The van der Waals surface area contributed by atoms with Crippen LogP contribution in [0, 0.1) is 5.82 Å². The van der Waals surface area contributed by atoms with Gasteiger partial charge in [-0.25, -0.2) is 4.39 Å². The van der Waals surface area contributed by atoms with Crippen LogP contribution in [0.3, 0.4) is 0 Å². The van der Waals surface area contributed by atoms with Crippen LogP contribution in [-0.4, -0.2) is 55.3 Å². The van der Waals surface area contributed by atoms with Crippen molar-refractivity contribution < 1.29 is 28.6 Å². The van der Waals surface area contributed by atoms with Crippen molar-refractivity contribution >= 4 is 11.9 Å². The van der Waals surface area contributed by atoms with Crippen molar-refractivity contribution in [3.63, 3.8) is 0 Å². The van der Waals surface area contributed by atoms with E-state index in [9.17, 15) is 14.0 Å². The van der Waals surface area contributed by atoms with E-state index in [4.69, 9.17) is 14.6 Å². The molecule has 6 nitrogen and oxygen atoms in total. The quantitative estimate of drug-likeness (QED) is 0.765. The van der Waals surface area contributed by atoms with Crippen molar-refractivity contribution in [2.24, 2.45) is 0 Å². The highest BCUT2D eigenvalue weighted by Gasteiger charge is 2.22. The summed E-state index contributed by atoms with van der Waals surface area (Å²) in [5, 5.41) is 9.16. The van der Waals surface area contributed by atoms with Crippen molar-refractivity contribution in [3.05, 3.63) is 29.6 Å². The summed E-state index contributed by atoms with van der Waals surface area (Å²) in [6, 6.07) is 3.21. The first-order chi connectivity index (χ1) is 9.99. The highest BCUT2D eigenvalue weighted by molar-refractivity contribution is 5.96. The van der Waals surface area contributed by atoms with E-state index in [1.54, 1.807) is 6.92 Å². The van der Waals surface area contributed by atoms with Gasteiger partial charge in [-0.2, -0.15) is 0 Å². The number of methoxy groups -OCH3 is 1. The molecule has 1 aromatic rings. The van der Waals surface area contributed by atoms with Gasteiger partial charge in [0.2, 0.25) is 0 Å². The third-order valence-corrected chi connectivity index (χ3v) is 2.66. The molecule has 116 valence electrons. The Hall–Kier alpha value is -2.15. The number of rotatable bonds is 7. The van der Waals surface area contributed by atoms with Crippen molar-refractivity contribution in [3.8, 4) is 5.75 Å². The molecule has 0 unspecified atom stereocenters. The average Bonchev–Trinajstić information content (AvgIpc) is 2.43. The molecule has 1 N–H and O–H groups in total. The largest absolute Gasteiger partial charge is 0.508 e. The molecule has 0 spiro atoms. The predicted molar refractivity (Wildman–Crippen MR) is 72.5 cm³/mol. The molecule has 0 aliphatic carbocycles. The molecule has 1 aromatic carbocycles. The van der Waals surface area contributed by atoms with Crippen LogP contribution >= 0.6 is 0 Å². The Morgan fingerprint density at radius 3 is 2.67 bits per heavy atom. The molecular formula is C14H18FNO5. The second-order valence-electron chi connectivity index (χ2n) is 4.19. The number of halogens is 1. The third kappa shape index (κ3) is 5.03. The molecule has 0 atom stereocenters. The Balaban J connectivity index is 2.90. The van der Waals surface area contributed by atoms with Crippen molar-refractivity contribution in [1.29, 1.82) is 0 Å². The van der Waals surface area contributed by atoms with Crippen LogP contribution in [0.15, 0.2) is 18.2 Å². The van der Waals surface area contributed by atoms with E-state index in [0.717, 1.165) is 17.0 Å². The van der Waals surface area contributed by atoms with Gasteiger partial charge in [0.25, 0.3) is 5.91 Å². The summed E-state index contributed by atoms with van der Waals surface area (Å²) >= 11 is 0. The van der Waals surface area contributed by atoms with E-state index in [-0.39, 0.29) is 37.6 Å². The predicted octanol–water partition coefficient (Wildman–Crippen LogP) is 1.18. The van der Waals surface area contributed by atoms with E-state index < -0.39 is 17.7 Å². The highest BCUT2D eigenvalue weighted by atomic mass is 19.1. The highest BCUT2D eigenvalue weighted by Crippen LogP contribution is 2.16. The molecular weight excluding hydrogens is 281 g/mol. The molecule has 0 fully saturated rings. The minimum Gasteiger partial charge on any atom is -0.508 e. The number of esters is 1. The van der Waals surface area contributed by atoms with E-state index in [2.05, 4.69) is 0 Å². The lowest BCUT2D eigenvalue weighted by Gasteiger charge is -2.21. The summed E-state index contributed by atoms with van der Waals surface area (Å²) < 4.78 is 23.4. The van der Waals surface area contributed by atoms with E-state index >= 15 is 0 Å². The number of phenolic OH excluding ortho intramolecular Hbond substituents is 1. The molecule has 0 heterocycles. The van der Waals surface area contributed by atoms with Gasteiger partial charge in [0, 0.05) is 19.7 Å². The number of hydrogen-bond donors (Lipinski definition) is 1. The molecule has 0 aromatic heterocycles. The monoisotopic (exact) mass is 299 g/mol. The Morgan fingerprint density at radius 1 is 1.38 bits per heavy atom. The molecule has 1 rings (SSSR count). The van der Waals surface area contributed by atoms with Gasteiger partial charge >= 0.3 is 5.97 Å². The zero-order valence-corrected chi connectivity index (χ0v) is 12.0. The first kappa shape index (κ1) is 16.9. The van der Waals surface area contributed by atoms with E-state index in [1.165, 1.54) is 13.2 Å². The molecule has 0 aliphatic heterocycles. The maximum absolute atomic E-state index is 13.7. The fourth-order valence-electron chi connectivity index (χ4n) is 1.66. The topological polar surface area (TPSA) is 76.1 Å². The zero-order chi connectivity index (χ0) is 15.8. The molecule has 0 aliphatic rings. The fourth-order valence-corrected chi connectivity index (χ4v) is 1.66. The number of nitrogens with zero attached hydrogens (tertiary/aromatic N) is 1. The normalized spacial score (nSPS) is 10.2. The van der Waals surface area contributed by atoms with Gasteiger partial charge in [-0.1, -0.05) is 0 Å². The van der Waals surface area contributed by atoms with Gasteiger partial charge in [0.05, 0.1) is 18.8 Å². The fraction of sp³-hybridized carbons (Fsp3) is 0.429. The van der Waals surface area contributed by atoms with Gasteiger partial charge in [0.1, 0.15) is 18.1 Å². The van der Waals surface area contributed by atoms with Crippen LogP contribution in [0.2, 0.25) is 0 Å². The smallest absolute Gasteiger partial charge is 0.325 e. The summed E-state index contributed by atoms with van der Waals surface area (Å²) in [6.07, 6.45) is 0. The Bertz CT molecular complexity index is 506. The minimum absolute atomic E-state index is 0.120. The van der Waals surface area contributed by atoms with Crippen LogP contribution in [0.1, 0.15) is 17.3 Å². The van der Waals surface area contributed by atoms with Gasteiger partial charge in [-0.05, 0) is 19.1 Å². The van der Waals surface area contributed by atoms with Gasteiger partial charge in [0.15, 0.2) is 0 Å². The summed E-state index contributed by atoms with van der Waals surface area (Å²) in [7, 11) is 1.45. The van der Waals surface area contributed by atoms with E-state index in [0.29, 0.717) is 0 Å². The molecule has 0 bridgehead atoms. The standard InChI is InChI=1S/C14H18FNO5/c1-3-21-13(18)9-16(6-7-20-2)14(19)11-5-4-10(17)8-12(11)15/h4-5,8,17H,3,6-7,9H2,1-2H3. The van der Waals surface area contributed by atoms with Crippen molar-refractivity contribution in [2.45, 2.75) is 6.92 Å². The second-order valence-corrected chi connectivity index (χ2v) is 4.19. The maximum atomic E-state index is 13.7. The number of aromatic hydroxyl groups is 1. The Labute approximate surface area is 122 Å². The summed E-state index contributed by atoms with van der Waals surface area (Å²) in [5.41, 5.74) is -0.229. The Morgan fingerprint density at radius 2 is 2.10 bits per heavy atom. The zero-order valence-electron chi connectivity index (χ0n) is 12.0. The summed E-state index contributed by atoms with van der Waals surface area (Å²) in [6.45, 7) is 1.87. The van der Waals surface area contributed by atoms with Gasteiger partial charge < -0.3 is 19.5 Å². The first-order valence-corrected chi connectivity index (χ1v) is 6.42. The van der Waals surface area contributed by atoms with Crippen LogP contribution in [0.25, 0.3) is 0 Å². The van der Waals surface area contributed by atoms with Crippen LogP contribution < -0.4 is 0 Å². The number of ether oxygens (including phenoxy) is 2. The first-order valence-electron chi connectivity index (χ1n) is 6.42.